The van der Waals surface area contributed by atoms with E-state index in [9.17, 15) is 38.4 Å². The zero-order chi connectivity index (χ0) is 48.0. The van der Waals surface area contributed by atoms with Gasteiger partial charge >= 0.3 is 33.1 Å². The maximum Gasteiger partial charge on any atom is 0.335 e. The molecule has 0 radical (unpaired) electrons. The SMILES string of the molecule is O=C(O)CCCCCCC/C=C\C/C=C\CCCCCP(=O)(O)OP(=O)(O)CCCCC/C=C\C/C=C\CCCCCCC(CCCCCC/C=C\CCCCCCCC(=O)O)C(=O)O. The van der Waals surface area contributed by atoms with Gasteiger partial charge in [-0.3, -0.25) is 23.5 Å². The van der Waals surface area contributed by atoms with Crippen molar-refractivity contribution in [2.24, 2.45) is 5.92 Å². The van der Waals surface area contributed by atoms with Crippen LogP contribution in [-0.4, -0.2) is 55.3 Å². The molecule has 0 aromatic rings. The predicted octanol–water partition coefficient (Wildman–Crippen LogP) is 16.1. The van der Waals surface area contributed by atoms with Crippen LogP contribution in [0.2, 0.25) is 0 Å². The minimum atomic E-state index is -4.13. The monoisotopic (exact) mass is 955 g/mol. The maximum atomic E-state index is 12.4. The molecule has 3 unspecified atom stereocenters. The summed E-state index contributed by atoms with van der Waals surface area (Å²) < 4.78 is 29.7. The average Bonchev–Trinajstić information content (AvgIpc) is 3.24. The Bertz CT molecular complexity index is 1420. The van der Waals surface area contributed by atoms with Gasteiger partial charge in [0.25, 0.3) is 0 Å². The Balaban J connectivity index is 3.76. The number of carboxylic acid groups (broad SMARTS) is 3. The molecule has 11 nitrogen and oxygen atoms in total. The van der Waals surface area contributed by atoms with E-state index in [1.165, 1.54) is 0 Å². The van der Waals surface area contributed by atoms with Crippen molar-refractivity contribution in [1.82, 2.24) is 0 Å². The van der Waals surface area contributed by atoms with Gasteiger partial charge in [-0.25, -0.2) is 4.31 Å². The predicted molar refractivity (Wildman–Crippen MR) is 269 cm³/mol. The molecular formula is C52H92O11P2. The van der Waals surface area contributed by atoms with Crippen LogP contribution in [0.15, 0.2) is 60.8 Å². The lowest BCUT2D eigenvalue weighted by Crippen LogP contribution is -2.13. The van der Waals surface area contributed by atoms with Crippen LogP contribution in [0.4, 0.5) is 0 Å². The normalized spacial score (nSPS) is 14.6. The topological polar surface area (TPSA) is 196 Å². The molecule has 65 heavy (non-hydrogen) atoms. The van der Waals surface area contributed by atoms with Gasteiger partial charge in [0.2, 0.25) is 0 Å². The van der Waals surface area contributed by atoms with Crippen LogP contribution in [0.25, 0.3) is 0 Å². The number of unbranched alkanes of at least 4 members (excludes halogenated alkanes) is 24. The highest BCUT2D eigenvalue weighted by Crippen LogP contribution is 2.59. The molecule has 0 aliphatic heterocycles. The first-order valence-corrected chi connectivity index (χ1v) is 29.1. The summed E-state index contributed by atoms with van der Waals surface area (Å²) in [5.74, 6) is -2.32. The standard InChI is InChI=1S/C52H92O11P2/c53-50(54)45-39-33-27-21-15-9-2-1-4-11-17-23-29-35-41-47-64(59,60)63-65(61,62)48-42-36-30-24-18-12-5-3-7-13-19-25-31-37-43-49(52(57)58)44-38-32-26-20-14-8-6-10-16-22-28-34-40-46-51(55)56/h1-3,6-8,11-12,17-18,49H,4-5,9-10,13-16,19-48H2,(H,53,54)(H,55,56)(H,57,58)(H,59,60)(H,61,62)/b2-1-,7-3-,8-6-,17-11-,18-12-. The molecule has 0 rings (SSSR count). The summed E-state index contributed by atoms with van der Waals surface area (Å²) >= 11 is 0. The minimum absolute atomic E-state index is 0.122. The number of aliphatic carboxylic acids is 3. The number of rotatable bonds is 49. The third kappa shape index (κ3) is 49.2. The molecular weight excluding hydrogens is 863 g/mol. The van der Waals surface area contributed by atoms with Gasteiger partial charge in [-0.2, -0.15) is 0 Å². The highest BCUT2D eigenvalue weighted by Gasteiger charge is 2.31. The highest BCUT2D eigenvalue weighted by molar-refractivity contribution is 7.66. The van der Waals surface area contributed by atoms with Gasteiger partial charge in [0, 0.05) is 12.8 Å². The molecule has 0 aliphatic carbocycles. The van der Waals surface area contributed by atoms with Gasteiger partial charge in [-0.05, 0) is 128 Å². The molecule has 0 aliphatic rings. The summed E-state index contributed by atoms with van der Waals surface area (Å²) in [4.78, 5) is 53.1. The van der Waals surface area contributed by atoms with Crippen LogP contribution in [-0.2, 0) is 27.8 Å². The van der Waals surface area contributed by atoms with Crippen molar-refractivity contribution in [3.63, 3.8) is 0 Å². The summed E-state index contributed by atoms with van der Waals surface area (Å²) in [7, 11) is -8.26. The second-order valence-electron chi connectivity index (χ2n) is 17.7. The van der Waals surface area contributed by atoms with Crippen LogP contribution < -0.4 is 0 Å². The van der Waals surface area contributed by atoms with Gasteiger partial charge in [-0.1, -0.05) is 151 Å². The zero-order valence-corrected chi connectivity index (χ0v) is 42.1. The van der Waals surface area contributed by atoms with Gasteiger partial charge in [0.1, 0.15) is 0 Å². The maximum absolute atomic E-state index is 12.4. The molecule has 0 aromatic heterocycles. The van der Waals surface area contributed by atoms with Crippen molar-refractivity contribution in [2.45, 2.75) is 231 Å². The summed E-state index contributed by atoms with van der Waals surface area (Å²) in [6.07, 6.45) is 54.2. The van der Waals surface area contributed by atoms with Crippen molar-refractivity contribution >= 4 is 33.1 Å². The first-order chi connectivity index (χ1) is 31.3. The van der Waals surface area contributed by atoms with E-state index < -0.39 is 33.1 Å². The second-order valence-corrected chi connectivity index (χ2v) is 21.8. The summed E-state index contributed by atoms with van der Waals surface area (Å²) in [5, 5.41) is 27.0. The largest absolute Gasteiger partial charge is 0.481 e. The number of carboxylic acids is 3. The van der Waals surface area contributed by atoms with E-state index >= 15 is 0 Å². The lowest BCUT2D eigenvalue weighted by Gasteiger charge is -2.16. The van der Waals surface area contributed by atoms with Crippen molar-refractivity contribution < 1.29 is 52.9 Å². The molecule has 0 spiro atoms. The fraction of sp³-hybridized carbons (Fsp3) is 0.750. The third-order valence-electron chi connectivity index (χ3n) is 11.5. The van der Waals surface area contributed by atoms with E-state index in [0.717, 1.165) is 205 Å². The first kappa shape index (κ1) is 62.4. The van der Waals surface area contributed by atoms with E-state index in [0.29, 0.717) is 12.8 Å². The third-order valence-corrected chi connectivity index (χ3v) is 15.3. The Morgan fingerprint density at radius 1 is 0.369 bits per heavy atom. The van der Waals surface area contributed by atoms with E-state index in [4.69, 9.17) is 14.5 Å². The van der Waals surface area contributed by atoms with Crippen LogP contribution >= 0.6 is 15.2 Å². The van der Waals surface area contributed by atoms with Crippen LogP contribution in [0.1, 0.15) is 231 Å². The van der Waals surface area contributed by atoms with Crippen molar-refractivity contribution in [3.05, 3.63) is 60.8 Å². The fourth-order valence-corrected chi connectivity index (χ4v) is 11.1. The van der Waals surface area contributed by atoms with E-state index in [1.807, 2.05) is 0 Å². The lowest BCUT2D eigenvalue weighted by molar-refractivity contribution is -0.142. The minimum Gasteiger partial charge on any atom is -0.481 e. The molecule has 5 N–H and O–H groups in total. The molecule has 376 valence electrons. The van der Waals surface area contributed by atoms with E-state index in [1.54, 1.807) is 0 Å². The molecule has 0 bridgehead atoms. The van der Waals surface area contributed by atoms with Crippen LogP contribution in [0, 0.1) is 5.92 Å². The Morgan fingerprint density at radius 3 is 0.938 bits per heavy atom. The molecule has 3 atom stereocenters. The van der Waals surface area contributed by atoms with Crippen LogP contribution in [0.3, 0.4) is 0 Å². The molecule has 0 aromatic carbocycles. The van der Waals surface area contributed by atoms with Gasteiger partial charge in [-0.15, -0.1) is 0 Å². The van der Waals surface area contributed by atoms with E-state index in [-0.39, 0.29) is 31.1 Å². The van der Waals surface area contributed by atoms with Crippen molar-refractivity contribution in [3.8, 4) is 0 Å². The molecule has 0 saturated heterocycles. The number of hydrogen-bond donors (Lipinski definition) is 5. The molecule has 13 heteroatoms. The van der Waals surface area contributed by atoms with Gasteiger partial charge in [0.15, 0.2) is 0 Å². The Labute approximate surface area is 394 Å². The Kier molecular flexibility index (Phi) is 43.5. The Hall–Kier alpha value is -2.55. The molecule has 0 saturated carbocycles. The Morgan fingerprint density at radius 2 is 0.631 bits per heavy atom. The second kappa shape index (κ2) is 45.2. The summed E-state index contributed by atoms with van der Waals surface area (Å²) in [6.45, 7) is 0. The van der Waals surface area contributed by atoms with Crippen molar-refractivity contribution in [2.75, 3.05) is 12.3 Å². The smallest absolute Gasteiger partial charge is 0.335 e. The van der Waals surface area contributed by atoms with Gasteiger partial charge < -0.3 is 25.1 Å². The fourth-order valence-electron chi connectivity index (χ4n) is 7.57. The highest BCUT2D eigenvalue weighted by atomic mass is 31.3. The van der Waals surface area contributed by atoms with E-state index in [2.05, 4.69) is 60.8 Å². The zero-order valence-electron chi connectivity index (χ0n) is 40.3. The number of carbonyl (C=O) groups is 3. The summed E-state index contributed by atoms with van der Waals surface area (Å²) in [6, 6.07) is 0. The van der Waals surface area contributed by atoms with Crippen LogP contribution in [0.5, 0.6) is 0 Å². The molecule has 0 amide bonds. The lowest BCUT2D eigenvalue weighted by atomic mass is 9.94. The average molecular weight is 955 g/mol. The number of allylic oxidation sites excluding steroid dienone is 10. The number of hydrogen-bond acceptors (Lipinski definition) is 6. The molecule has 0 fully saturated rings. The summed E-state index contributed by atoms with van der Waals surface area (Å²) in [5.41, 5.74) is 0. The van der Waals surface area contributed by atoms with Crippen molar-refractivity contribution in [1.29, 1.82) is 0 Å². The first-order valence-electron chi connectivity index (χ1n) is 25.6. The molecule has 0 heterocycles. The van der Waals surface area contributed by atoms with Gasteiger partial charge in [0.05, 0.1) is 18.2 Å². The quantitative estimate of drug-likeness (QED) is 0.0221.